The first kappa shape index (κ1) is 27.3. The number of likely N-dealkylation sites (tertiary alicyclic amines) is 1. The number of hydrogen-bond donors (Lipinski definition) is 0. The molecule has 2 aromatic carbocycles. The number of aryl methyl sites for hydroxylation is 1. The maximum Gasteiger partial charge on any atom is 0.272 e. The highest BCUT2D eigenvalue weighted by atomic mass is 16.2. The molecule has 3 aromatic rings. The molecule has 2 saturated heterocycles. The van der Waals surface area contributed by atoms with Gasteiger partial charge in [0.25, 0.3) is 5.91 Å². The second-order valence-corrected chi connectivity index (χ2v) is 11.7. The normalized spacial score (nSPS) is 19.4. The molecule has 4 heterocycles. The minimum absolute atomic E-state index is 0.0204. The van der Waals surface area contributed by atoms with Crippen molar-refractivity contribution in [1.82, 2.24) is 19.7 Å². The summed E-state index contributed by atoms with van der Waals surface area (Å²) in [6, 6.07) is 15.2. The number of likely N-dealkylation sites (N-methyl/N-ethyl adjacent to an activating group) is 2. The quantitative estimate of drug-likeness (QED) is 0.450. The van der Waals surface area contributed by atoms with Crippen LogP contribution in [0.1, 0.15) is 33.7 Å². The van der Waals surface area contributed by atoms with Crippen molar-refractivity contribution in [3.8, 4) is 0 Å². The van der Waals surface area contributed by atoms with Gasteiger partial charge in [-0.15, -0.1) is 0 Å². The molecule has 1 unspecified atom stereocenters. The van der Waals surface area contributed by atoms with E-state index in [-0.39, 0.29) is 17.9 Å². The Bertz CT molecular complexity index is 1490. The van der Waals surface area contributed by atoms with Crippen LogP contribution in [0.25, 0.3) is 10.8 Å². The number of carbonyl (C=O) groups excluding carboxylic acids is 2. The minimum atomic E-state index is -0.0264. The lowest BCUT2D eigenvalue weighted by Gasteiger charge is -2.39. The Morgan fingerprint density at radius 3 is 2.46 bits per heavy atom. The first-order valence-corrected chi connectivity index (χ1v) is 14.7. The molecule has 0 radical (unpaired) electrons. The molecule has 0 spiro atoms. The zero-order valence-electron chi connectivity index (χ0n) is 24.5. The number of piperazine rings is 1. The first-order valence-electron chi connectivity index (χ1n) is 14.7. The van der Waals surface area contributed by atoms with Crippen LogP contribution in [0.5, 0.6) is 0 Å². The van der Waals surface area contributed by atoms with Gasteiger partial charge in [-0.3, -0.25) is 9.59 Å². The lowest BCUT2D eigenvalue weighted by Crippen LogP contribution is -2.49. The number of hydrogen-bond acceptors (Lipinski definition) is 6. The van der Waals surface area contributed by atoms with Gasteiger partial charge in [0.2, 0.25) is 5.91 Å². The van der Waals surface area contributed by atoms with E-state index < -0.39 is 0 Å². The van der Waals surface area contributed by atoms with E-state index in [4.69, 9.17) is 4.98 Å². The third-order valence-corrected chi connectivity index (χ3v) is 9.15. The molecule has 0 aliphatic carbocycles. The summed E-state index contributed by atoms with van der Waals surface area (Å²) in [5.74, 6) is -0.0468. The maximum absolute atomic E-state index is 13.9. The van der Waals surface area contributed by atoms with Crippen LogP contribution in [0, 0.1) is 6.92 Å². The van der Waals surface area contributed by atoms with E-state index in [2.05, 4.69) is 71.6 Å². The summed E-state index contributed by atoms with van der Waals surface area (Å²) in [4.78, 5) is 41.9. The van der Waals surface area contributed by atoms with Gasteiger partial charge in [-0.2, -0.15) is 0 Å². The van der Waals surface area contributed by atoms with Crippen molar-refractivity contribution in [2.24, 2.45) is 0 Å². The highest BCUT2D eigenvalue weighted by molar-refractivity contribution is 5.97. The van der Waals surface area contributed by atoms with E-state index >= 15 is 0 Å². The Labute approximate surface area is 242 Å². The van der Waals surface area contributed by atoms with E-state index in [0.717, 1.165) is 56.9 Å². The molecule has 2 fully saturated rings. The minimum Gasteiger partial charge on any atom is -0.368 e. The second-order valence-electron chi connectivity index (χ2n) is 11.7. The summed E-state index contributed by atoms with van der Waals surface area (Å²) in [5.41, 5.74) is 6.28. The van der Waals surface area contributed by atoms with Crippen LogP contribution in [0.2, 0.25) is 0 Å². The van der Waals surface area contributed by atoms with Crippen LogP contribution >= 0.6 is 0 Å². The van der Waals surface area contributed by atoms with Gasteiger partial charge in [-0.1, -0.05) is 36.9 Å². The van der Waals surface area contributed by atoms with Gasteiger partial charge in [0.05, 0.1) is 12.2 Å². The van der Waals surface area contributed by atoms with Crippen LogP contribution in [0.4, 0.5) is 11.4 Å². The fourth-order valence-electron chi connectivity index (χ4n) is 6.76. The van der Waals surface area contributed by atoms with Crippen LogP contribution < -0.4 is 9.80 Å². The Morgan fingerprint density at radius 1 is 1.00 bits per heavy atom. The van der Waals surface area contributed by atoms with Gasteiger partial charge in [0.1, 0.15) is 5.69 Å². The average Bonchev–Trinajstić information content (AvgIpc) is 3.45. The summed E-state index contributed by atoms with van der Waals surface area (Å²) >= 11 is 0. The standard InChI is InChI=1S/C33H40N6O2/c1-5-31(40)38-18-16-37(17-19-38)30-20-27(33(41)36(4)25-12-14-35(3)21-25)34-28-22-39(15-13-26(28)30)29-11-7-10-24-9-6-8-23(2)32(24)29/h5-11,20,25H,1,12-19,21-22H2,2-4H3. The number of nitrogens with zero attached hydrogens (tertiary/aromatic N) is 6. The fourth-order valence-corrected chi connectivity index (χ4v) is 6.76. The van der Waals surface area contributed by atoms with E-state index in [1.807, 2.05) is 22.9 Å². The zero-order valence-corrected chi connectivity index (χ0v) is 24.5. The van der Waals surface area contributed by atoms with Crippen LogP contribution in [-0.2, 0) is 17.8 Å². The molecule has 41 heavy (non-hydrogen) atoms. The average molecular weight is 553 g/mol. The predicted molar refractivity (Wildman–Crippen MR) is 165 cm³/mol. The summed E-state index contributed by atoms with van der Waals surface area (Å²) in [7, 11) is 4.02. The van der Waals surface area contributed by atoms with Crippen molar-refractivity contribution in [1.29, 1.82) is 0 Å². The number of benzene rings is 2. The molecular formula is C33H40N6O2. The smallest absolute Gasteiger partial charge is 0.272 e. The highest BCUT2D eigenvalue weighted by Crippen LogP contribution is 2.36. The number of pyridine rings is 1. The Morgan fingerprint density at radius 2 is 1.76 bits per heavy atom. The number of carbonyl (C=O) groups is 2. The third-order valence-electron chi connectivity index (χ3n) is 9.15. The predicted octanol–water partition coefficient (Wildman–Crippen LogP) is 3.72. The number of aromatic nitrogens is 1. The Hall–Kier alpha value is -3.91. The van der Waals surface area contributed by atoms with Gasteiger partial charge < -0.3 is 24.5 Å². The van der Waals surface area contributed by atoms with Gasteiger partial charge in [0, 0.05) is 74.7 Å². The lowest BCUT2D eigenvalue weighted by molar-refractivity contribution is -0.126. The Kier molecular flexibility index (Phi) is 7.43. The van der Waals surface area contributed by atoms with E-state index in [0.29, 0.717) is 25.3 Å². The second kappa shape index (κ2) is 11.2. The zero-order chi connectivity index (χ0) is 28.7. The molecule has 3 aliphatic heterocycles. The lowest BCUT2D eigenvalue weighted by atomic mass is 9.97. The van der Waals surface area contributed by atoms with E-state index in [1.54, 1.807) is 0 Å². The van der Waals surface area contributed by atoms with Crippen molar-refractivity contribution < 1.29 is 9.59 Å². The molecule has 8 heteroatoms. The monoisotopic (exact) mass is 552 g/mol. The van der Waals surface area contributed by atoms with Crippen molar-refractivity contribution >= 4 is 34.0 Å². The first-order chi connectivity index (χ1) is 19.8. The molecule has 0 N–H and O–H groups in total. The molecule has 0 bridgehead atoms. The molecule has 2 amide bonds. The van der Waals surface area contributed by atoms with Crippen LogP contribution in [-0.4, -0.2) is 97.4 Å². The topological polar surface area (TPSA) is 63.2 Å². The highest BCUT2D eigenvalue weighted by Gasteiger charge is 2.32. The van der Waals surface area contributed by atoms with E-state index in [1.165, 1.54) is 33.7 Å². The summed E-state index contributed by atoms with van der Waals surface area (Å²) < 4.78 is 0. The molecule has 1 atom stereocenters. The third kappa shape index (κ3) is 5.17. The van der Waals surface area contributed by atoms with Gasteiger partial charge >= 0.3 is 0 Å². The van der Waals surface area contributed by atoms with Crippen molar-refractivity contribution in [2.45, 2.75) is 32.4 Å². The summed E-state index contributed by atoms with van der Waals surface area (Å²) in [6.45, 7) is 12.0. The largest absolute Gasteiger partial charge is 0.368 e. The maximum atomic E-state index is 13.9. The van der Waals surface area contributed by atoms with Crippen LogP contribution in [0.15, 0.2) is 55.1 Å². The van der Waals surface area contributed by atoms with Gasteiger partial charge in [-0.05, 0) is 62.5 Å². The van der Waals surface area contributed by atoms with Crippen molar-refractivity contribution in [3.63, 3.8) is 0 Å². The van der Waals surface area contributed by atoms with Gasteiger partial charge in [-0.25, -0.2) is 4.98 Å². The number of rotatable bonds is 5. The molecule has 3 aliphatic rings. The molecule has 8 nitrogen and oxygen atoms in total. The summed E-state index contributed by atoms with van der Waals surface area (Å²) in [6.07, 6.45) is 3.22. The number of fused-ring (bicyclic) bond motifs is 2. The fraction of sp³-hybridized carbons (Fsp3) is 0.424. The molecule has 0 saturated carbocycles. The molecule has 6 rings (SSSR count). The number of amides is 2. The Balaban J connectivity index is 1.36. The van der Waals surface area contributed by atoms with E-state index in [9.17, 15) is 9.59 Å². The molecule has 1 aromatic heterocycles. The molecule has 214 valence electrons. The van der Waals surface area contributed by atoms with Gasteiger partial charge in [0.15, 0.2) is 0 Å². The van der Waals surface area contributed by atoms with Crippen molar-refractivity contribution in [3.05, 3.63) is 77.6 Å². The van der Waals surface area contributed by atoms with Crippen molar-refractivity contribution in [2.75, 3.05) is 69.7 Å². The molecular weight excluding hydrogens is 512 g/mol. The SMILES string of the molecule is C=CC(=O)N1CCN(c2cc(C(=O)N(C)C3CCN(C)C3)nc3c2CCN(c2cccc4cccc(C)c24)C3)CC1. The summed E-state index contributed by atoms with van der Waals surface area (Å²) in [5, 5.41) is 2.51. The van der Waals surface area contributed by atoms with Crippen LogP contribution in [0.3, 0.4) is 0 Å². The number of anilines is 2.